The number of nitrogens with one attached hydrogen (secondary N) is 1. The van der Waals surface area contributed by atoms with Crippen molar-refractivity contribution in [2.75, 3.05) is 6.61 Å². The van der Waals surface area contributed by atoms with Crippen molar-refractivity contribution in [2.45, 2.75) is 12.5 Å². The minimum absolute atomic E-state index is 0.0780. The van der Waals surface area contributed by atoms with Crippen LogP contribution in [-0.4, -0.2) is 22.7 Å². The molecule has 0 saturated heterocycles. The van der Waals surface area contributed by atoms with Crippen molar-refractivity contribution in [3.63, 3.8) is 0 Å². The Morgan fingerprint density at radius 2 is 2.14 bits per heavy atom. The fourth-order valence-electron chi connectivity index (χ4n) is 1.68. The Morgan fingerprint density at radius 1 is 1.36 bits per heavy atom. The Balaban J connectivity index is 2.33. The molecule has 1 aromatic carbocycles. The third-order valence-electron chi connectivity index (χ3n) is 2.44. The number of aliphatic hydroxyl groups is 1. The molecule has 0 spiro atoms. The molecular formula is C11H15N2O+. The van der Waals surface area contributed by atoms with Crippen molar-refractivity contribution in [3.8, 4) is 0 Å². The summed E-state index contributed by atoms with van der Waals surface area (Å²) in [5.41, 5.74) is 6.25. The molecule has 3 heteroatoms. The molecule has 0 amide bonds. The predicted octanol–water partition coefficient (Wildman–Crippen LogP) is 0.313. The highest BCUT2D eigenvalue weighted by molar-refractivity contribution is 5.83. The first-order valence-electron chi connectivity index (χ1n) is 4.80. The van der Waals surface area contributed by atoms with Crippen molar-refractivity contribution in [1.82, 2.24) is 4.98 Å². The molecule has 2 aromatic rings. The van der Waals surface area contributed by atoms with Gasteiger partial charge in [-0.1, -0.05) is 18.2 Å². The molecule has 5 N–H and O–H groups in total. The van der Waals surface area contributed by atoms with Gasteiger partial charge < -0.3 is 15.8 Å². The fraction of sp³-hybridized carbons (Fsp3) is 0.273. The lowest BCUT2D eigenvalue weighted by Crippen LogP contribution is -2.63. The van der Waals surface area contributed by atoms with Crippen LogP contribution in [-0.2, 0) is 6.42 Å². The number of quaternary nitrogens is 1. The molecule has 2 rings (SSSR count). The van der Waals surface area contributed by atoms with Gasteiger partial charge in [-0.3, -0.25) is 0 Å². The van der Waals surface area contributed by atoms with Gasteiger partial charge in [0.05, 0.1) is 6.61 Å². The van der Waals surface area contributed by atoms with E-state index in [9.17, 15) is 0 Å². The fourth-order valence-corrected chi connectivity index (χ4v) is 1.68. The molecule has 0 bridgehead atoms. The lowest BCUT2D eigenvalue weighted by atomic mass is 10.1. The molecule has 3 nitrogen and oxygen atoms in total. The van der Waals surface area contributed by atoms with Crippen molar-refractivity contribution >= 4 is 10.9 Å². The molecular weight excluding hydrogens is 176 g/mol. The van der Waals surface area contributed by atoms with Gasteiger partial charge in [-0.2, -0.15) is 0 Å². The van der Waals surface area contributed by atoms with Gasteiger partial charge in [-0.15, -0.1) is 0 Å². The van der Waals surface area contributed by atoms with E-state index in [2.05, 4.69) is 22.9 Å². The van der Waals surface area contributed by atoms with Gasteiger partial charge in [0.2, 0.25) is 0 Å². The van der Waals surface area contributed by atoms with E-state index in [1.807, 2.05) is 18.3 Å². The largest absolute Gasteiger partial charge is 0.390 e. The number of hydrogen-bond donors (Lipinski definition) is 3. The molecule has 1 atom stereocenters. The van der Waals surface area contributed by atoms with E-state index in [4.69, 9.17) is 5.11 Å². The number of para-hydroxylation sites is 1. The first-order valence-corrected chi connectivity index (χ1v) is 4.80. The molecule has 14 heavy (non-hydrogen) atoms. The second kappa shape index (κ2) is 3.82. The summed E-state index contributed by atoms with van der Waals surface area (Å²) in [6, 6.07) is 8.25. The zero-order valence-corrected chi connectivity index (χ0v) is 8.03. The van der Waals surface area contributed by atoms with Gasteiger partial charge in [0.25, 0.3) is 0 Å². The number of hydrogen-bond acceptors (Lipinski definition) is 1. The van der Waals surface area contributed by atoms with Crippen LogP contribution in [0.4, 0.5) is 0 Å². The van der Waals surface area contributed by atoms with Crippen LogP contribution in [0.5, 0.6) is 0 Å². The molecule has 1 heterocycles. The topological polar surface area (TPSA) is 63.7 Å². The van der Waals surface area contributed by atoms with Gasteiger partial charge in [-0.05, 0) is 11.6 Å². The highest BCUT2D eigenvalue weighted by Crippen LogP contribution is 2.18. The highest BCUT2D eigenvalue weighted by Gasteiger charge is 2.09. The maximum atomic E-state index is 8.93. The number of rotatable bonds is 3. The Kier molecular flexibility index (Phi) is 2.52. The van der Waals surface area contributed by atoms with E-state index in [1.165, 1.54) is 10.9 Å². The van der Waals surface area contributed by atoms with E-state index in [1.54, 1.807) is 0 Å². The summed E-state index contributed by atoms with van der Waals surface area (Å²) in [6.07, 6.45) is 2.82. The minimum Gasteiger partial charge on any atom is -0.390 e. The van der Waals surface area contributed by atoms with Gasteiger partial charge >= 0.3 is 0 Å². The summed E-state index contributed by atoms with van der Waals surface area (Å²) in [5.74, 6) is 0. The zero-order valence-electron chi connectivity index (χ0n) is 8.03. The molecule has 74 valence electrons. The summed E-state index contributed by atoms with van der Waals surface area (Å²) in [6.45, 7) is 0.138. The second-order valence-corrected chi connectivity index (χ2v) is 3.61. The summed E-state index contributed by atoms with van der Waals surface area (Å²) < 4.78 is 0. The van der Waals surface area contributed by atoms with Crippen LogP contribution in [0.1, 0.15) is 5.56 Å². The summed E-state index contributed by atoms with van der Waals surface area (Å²) in [7, 11) is 0. The molecule has 1 aromatic heterocycles. The Bertz CT molecular complexity index is 422. The standard InChI is InChI=1S/C11H14N2O/c12-9(7-14)5-8-6-13-11-4-2-1-3-10(8)11/h1-4,6,9,13-14H,5,7,12H2/p+1/t9-/m0/s1. The van der Waals surface area contributed by atoms with Crippen molar-refractivity contribution in [1.29, 1.82) is 0 Å². The molecule has 0 saturated carbocycles. The number of aromatic nitrogens is 1. The van der Waals surface area contributed by atoms with Gasteiger partial charge in [0.15, 0.2) is 0 Å². The van der Waals surface area contributed by atoms with Gasteiger partial charge in [-0.25, -0.2) is 0 Å². The molecule has 0 aliphatic rings. The van der Waals surface area contributed by atoms with Crippen LogP contribution in [0.3, 0.4) is 0 Å². The van der Waals surface area contributed by atoms with E-state index in [-0.39, 0.29) is 12.6 Å². The molecule has 0 aliphatic carbocycles. The Morgan fingerprint density at radius 3 is 2.93 bits per heavy atom. The molecule has 0 fully saturated rings. The van der Waals surface area contributed by atoms with Crippen molar-refractivity contribution < 1.29 is 10.8 Å². The lowest BCUT2D eigenvalue weighted by Gasteiger charge is -2.02. The maximum Gasteiger partial charge on any atom is 0.112 e. The van der Waals surface area contributed by atoms with Crippen molar-refractivity contribution in [2.24, 2.45) is 0 Å². The van der Waals surface area contributed by atoms with E-state index in [0.717, 1.165) is 11.9 Å². The first-order chi connectivity index (χ1) is 6.81. The van der Waals surface area contributed by atoms with Gasteiger partial charge in [0, 0.05) is 23.5 Å². The van der Waals surface area contributed by atoms with E-state index >= 15 is 0 Å². The van der Waals surface area contributed by atoms with Gasteiger partial charge in [0.1, 0.15) is 6.04 Å². The molecule has 0 unspecified atom stereocenters. The smallest absolute Gasteiger partial charge is 0.112 e. The number of H-pyrrole nitrogens is 1. The van der Waals surface area contributed by atoms with E-state index in [0.29, 0.717) is 0 Å². The van der Waals surface area contributed by atoms with Crippen molar-refractivity contribution in [3.05, 3.63) is 36.0 Å². The average Bonchev–Trinajstić information content (AvgIpc) is 2.62. The summed E-state index contributed by atoms with van der Waals surface area (Å²) >= 11 is 0. The monoisotopic (exact) mass is 191 g/mol. The normalized spacial score (nSPS) is 13.3. The maximum absolute atomic E-state index is 8.93. The SMILES string of the molecule is [NH3+][C@H](CO)Cc1c[nH]c2ccccc12. The lowest BCUT2D eigenvalue weighted by molar-refractivity contribution is -0.424. The third kappa shape index (κ3) is 1.64. The minimum atomic E-state index is 0.0780. The molecule has 0 radical (unpaired) electrons. The zero-order chi connectivity index (χ0) is 9.97. The molecule has 0 aliphatic heterocycles. The predicted molar refractivity (Wildman–Crippen MR) is 55.8 cm³/mol. The summed E-state index contributed by atoms with van der Waals surface area (Å²) in [5, 5.41) is 10.2. The number of benzene rings is 1. The average molecular weight is 191 g/mol. The number of fused-ring (bicyclic) bond motifs is 1. The van der Waals surface area contributed by atoms with Crippen LogP contribution in [0.15, 0.2) is 30.5 Å². The highest BCUT2D eigenvalue weighted by atomic mass is 16.3. The second-order valence-electron chi connectivity index (χ2n) is 3.61. The Hall–Kier alpha value is -1.32. The van der Waals surface area contributed by atoms with Crippen LogP contribution < -0.4 is 5.73 Å². The first kappa shape index (κ1) is 9.24. The van der Waals surface area contributed by atoms with E-state index < -0.39 is 0 Å². The van der Waals surface area contributed by atoms with Crippen LogP contribution >= 0.6 is 0 Å². The number of aromatic amines is 1. The van der Waals surface area contributed by atoms with Crippen LogP contribution in [0.2, 0.25) is 0 Å². The number of aliphatic hydroxyl groups excluding tert-OH is 1. The third-order valence-corrected chi connectivity index (χ3v) is 2.44. The van der Waals surface area contributed by atoms with Crippen LogP contribution in [0.25, 0.3) is 10.9 Å². The Labute approximate surface area is 82.6 Å². The quantitative estimate of drug-likeness (QED) is 0.642. The summed E-state index contributed by atoms with van der Waals surface area (Å²) in [4.78, 5) is 3.21. The van der Waals surface area contributed by atoms with Crippen LogP contribution in [0, 0.1) is 0 Å².